The molecule has 146 valence electrons. The Morgan fingerprint density at radius 1 is 1.18 bits per heavy atom. The SMILES string of the molecule is Cc1cc(C(=O)NC2CCCCC2)c2c(C)nn(-c3cccc(Cl)c3C)c2n1. The Bertz CT molecular complexity index is 1050. The maximum Gasteiger partial charge on any atom is 0.252 e. The van der Waals surface area contributed by atoms with Crippen LogP contribution < -0.4 is 5.32 Å². The van der Waals surface area contributed by atoms with Crippen LogP contribution in [0.4, 0.5) is 0 Å². The van der Waals surface area contributed by atoms with Crippen molar-refractivity contribution in [3.8, 4) is 5.69 Å². The van der Waals surface area contributed by atoms with E-state index in [0.717, 1.165) is 40.9 Å². The first-order chi connectivity index (χ1) is 13.5. The van der Waals surface area contributed by atoms with Crippen LogP contribution in [-0.2, 0) is 0 Å². The van der Waals surface area contributed by atoms with E-state index < -0.39 is 0 Å². The fourth-order valence-electron chi connectivity index (χ4n) is 4.10. The number of fused-ring (bicyclic) bond motifs is 1. The standard InChI is InChI=1S/C22H25ClN4O/c1-13-12-17(22(28)25-16-8-5-4-6-9-16)20-15(3)26-27(21(20)24-13)19-11-7-10-18(23)14(19)2/h7,10-12,16H,4-6,8-9H2,1-3H3,(H,25,28). The molecule has 0 spiro atoms. The molecule has 0 bridgehead atoms. The number of hydrogen-bond acceptors (Lipinski definition) is 3. The van der Waals surface area contributed by atoms with Crippen LogP contribution in [0, 0.1) is 20.8 Å². The van der Waals surface area contributed by atoms with Crippen molar-refractivity contribution in [2.24, 2.45) is 0 Å². The van der Waals surface area contributed by atoms with Gasteiger partial charge in [-0.1, -0.05) is 36.9 Å². The quantitative estimate of drug-likeness (QED) is 0.672. The number of benzene rings is 1. The number of halogens is 1. The number of amides is 1. The van der Waals surface area contributed by atoms with Crippen LogP contribution in [0.1, 0.15) is 59.4 Å². The summed E-state index contributed by atoms with van der Waals surface area (Å²) in [7, 11) is 0. The third-order valence-electron chi connectivity index (χ3n) is 5.59. The summed E-state index contributed by atoms with van der Waals surface area (Å²) in [6.45, 7) is 5.80. The Morgan fingerprint density at radius 3 is 2.68 bits per heavy atom. The molecule has 1 aliphatic carbocycles. The summed E-state index contributed by atoms with van der Waals surface area (Å²) >= 11 is 6.32. The Labute approximate surface area is 170 Å². The average Bonchev–Trinajstić information content (AvgIpc) is 3.00. The van der Waals surface area contributed by atoms with Gasteiger partial charge in [-0.05, 0) is 57.4 Å². The highest BCUT2D eigenvalue weighted by atomic mass is 35.5. The fraction of sp³-hybridized carbons (Fsp3) is 0.409. The zero-order chi connectivity index (χ0) is 19.8. The second-order valence-electron chi connectivity index (χ2n) is 7.70. The van der Waals surface area contributed by atoms with Crippen molar-refractivity contribution in [3.63, 3.8) is 0 Å². The minimum Gasteiger partial charge on any atom is -0.349 e. The summed E-state index contributed by atoms with van der Waals surface area (Å²) < 4.78 is 1.80. The number of nitrogens with zero attached hydrogens (tertiary/aromatic N) is 3. The molecule has 2 aromatic heterocycles. The zero-order valence-electron chi connectivity index (χ0n) is 16.6. The van der Waals surface area contributed by atoms with E-state index in [1.165, 1.54) is 19.3 Å². The molecule has 0 unspecified atom stereocenters. The minimum atomic E-state index is -0.0344. The second-order valence-corrected chi connectivity index (χ2v) is 8.11. The lowest BCUT2D eigenvalue weighted by molar-refractivity contribution is 0.0929. The van der Waals surface area contributed by atoms with Crippen LogP contribution >= 0.6 is 11.6 Å². The van der Waals surface area contributed by atoms with Gasteiger partial charge in [-0.3, -0.25) is 4.79 Å². The molecule has 0 radical (unpaired) electrons. The molecule has 1 N–H and O–H groups in total. The summed E-state index contributed by atoms with van der Waals surface area (Å²) in [5.74, 6) is -0.0344. The summed E-state index contributed by atoms with van der Waals surface area (Å²) in [6.07, 6.45) is 5.73. The number of nitrogens with one attached hydrogen (secondary N) is 1. The first-order valence-corrected chi connectivity index (χ1v) is 10.3. The minimum absolute atomic E-state index is 0.0344. The molecule has 4 rings (SSSR count). The highest BCUT2D eigenvalue weighted by Gasteiger charge is 2.23. The van der Waals surface area contributed by atoms with Gasteiger partial charge in [-0.25, -0.2) is 9.67 Å². The van der Waals surface area contributed by atoms with Crippen molar-refractivity contribution >= 4 is 28.5 Å². The van der Waals surface area contributed by atoms with E-state index in [-0.39, 0.29) is 11.9 Å². The van der Waals surface area contributed by atoms with Crippen LogP contribution in [0.5, 0.6) is 0 Å². The van der Waals surface area contributed by atoms with Gasteiger partial charge in [-0.15, -0.1) is 0 Å². The molecule has 0 saturated heterocycles. The molecule has 1 saturated carbocycles. The summed E-state index contributed by atoms with van der Waals surface area (Å²) in [5, 5.41) is 9.42. The van der Waals surface area contributed by atoms with Crippen LogP contribution in [0.2, 0.25) is 5.02 Å². The van der Waals surface area contributed by atoms with Crippen LogP contribution in [-0.4, -0.2) is 26.7 Å². The molecule has 5 nitrogen and oxygen atoms in total. The maximum atomic E-state index is 13.1. The van der Waals surface area contributed by atoms with Gasteiger partial charge < -0.3 is 5.32 Å². The average molecular weight is 397 g/mol. The monoisotopic (exact) mass is 396 g/mol. The molecule has 28 heavy (non-hydrogen) atoms. The lowest BCUT2D eigenvalue weighted by Gasteiger charge is -2.23. The molecule has 1 fully saturated rings. The lowest BCUT2D eigenvalue weighted by Crippen LogP contribution is -2.36. The Kier molecular flexibility index (Phi) is 5.11. The molecule has 6 heteroatoms. The highest BCUT2D eigenvalue weighted by Crippen LogP contribution is 2.29. The van der Waals surface area contributed by atoms with Gasteiger partial charge in [0.1, 0.15) is 0 Å². The van der Waals surface area contributed by atoms with E-state index in [9.17, 15) is 4.79 Å². The first kappa shape index (κ1) is 18.9. The number of aryl methyl sites for hydroxylation is 2. The van der Waals surface area contributed by atoms with E-state index in [1.807, 2.05) is 45.0 Å². The van der Waals surface area contributed by atoms with Crippen molar-refractivity contribution in [1.82, 2.24) is 20.1 Å². The van der Waals surface area contributed by atoms with E-state index in [4.69, 9.17) is 21.7 Å². The Hall–Kier alpha value is -2.40. The largest absolute Gasteiger partial charge is 0.349 e. The van der Waals surface area contributed by atoms with E-state index in [0.29, 0.717) is 16.2 Å². The summed E-state index contributed by atoms with van der Waals surface area (Å²) in [5.41, 5.74) is 4.73. The van der Waals surface area contributed by atoms with Crippen molar-refractivity contribution in [1.29, 1.82) is 0 Å². The molecule has 2 heterocycles. The van der Waals surface area contributed by atoms with Crippen LogP contribution in [0.15, 0.2) is 24.3 Å². The Morgan fingerprint density at radius 2 is 1.93 bits per heavy atom. The van der Waals surface area contributed by atoms with Crippen molar-refractivity contribution < 1.29 is 4.79 Å². The first-order valence-electron chi connectivity index (χ1n) is 9.89. The third kappa shape index (κ3) is 3.39. The van der Waals surface area contributed by atoms with Crippen LogP contribution in [0.3, 0.4) is 0 Å². The Balaban J connectivity index is 1.82. The summed E-state index contributed by atoms with van der Waals surface area (Å²) in [4.78, 5) is 17.8. The molecular formula is C22H25ClN4O. The number of hydrogen-bond donors (Lipinski definition) is 1. The molecular weight excluding hydrogens is 372 g/mol. The van der Waals surface area contributed by atoms with E-state index in [1.54, 1.807) is 4.68 Å². The molecule has 0 atom stereocenters. The smallest absolute Gasteiger partial charge is 0.252 e. The third-order valence-corrected chi connectivity index (χ3v) is 6.00. The fourth-order valence-corrected chi connectivity index (χ4v) is 4.27. The van der Waals surface area contributed by atoms with Gasteiger partial charge in [0.15, 0.2) is 5.65 Å². The number of aromatic nitrogens is 3. The second kappa shape index (κ2) is 7.55. The molecule has 0 aliphatic heterocycles. The predicted molar refractivity (Wildman–Crippen MR) is 112 cm³/mol. The van der Waals surface area contributed by atoms with Gasteiger partial charge in [0.2, 0.25) is 0 Å². The number of pyridine rings is 1. The highest BCUT2D eigenvalue weighted by molar-refractivity contribution is 6.31. The number of carbonyl (C=O) groups excluding carboxylic acids is 1. The lowest BCUT2D eigenvalue weighted by atomic mass is 9.95. The summed E-state index contributed by atoms with van der Waals surface area (Å²) in [6, 6.07) is 7.86. The van der Waals surface area contributed by atoms with Crippen molar-refractivity contribution in [3.05, 3.63) is 51.8 Å². The van der Waals surface area contributed by atoms with Crippen molar-refractivity contribution in [2.45, 2.75) is 58.9 Å². The van der Waals surface area contributed by atoms with Gasteiger partial charge in [0.25, 0.3) is 5.91 Å². The number of rotatable bonds is 3. The molecule has 3 aromatic rings. The number of carbonyl (C=O) groups is 1. The van der Waals surface area contributed by atoms with E-state index >= 15 is 0 Å². The van der Waals surface area contributed by atoms with Gasteiger partial charge in [-0.2, -0.15) is 5.10 Å². The predicted octanol–water partition coefficient (Wildman–Crippen LogP) is 5.06. The molecule has 1 aromatic carbocycles. The van der Waals surface area contributed by atoms with Gasteiger partial charge in [0, 0.05) is 16.8 Å². The van der Waals surface area contributed by atoms with Crippen LogP contribution in [0.25, 0.3) is 16.7 Å². The topological polar surface area (TPSA) is 59.8 Å². The maximum absolute atomic E-state index is 13.1. The zero-order valence-corrected chi connectivity index (χ0v) is 17.3. The van der Waals surface area contributed by atoms with Crippen molar-refractivity contribution in [2.75, 3.05) is 0 Å². The van der Waals surface area contributed by atoms with Gasteiger partial charge in [0.05, 0.1) is 22.3 Å². The normalized spacial score (nSPS) is 15.1. The van der Waals surface area contributed by atoms with Gasteiger partial charge >= 0.3 is 0 Å². The van der Waals surface area contributed by atoms with E-state index in [2.05, 4.69) is 5.32 Å². The molecule has 1 aliphatic rings. The molecule has 1 amide bonds.